The number of esters is 1. The Bertz CT molecular complexity index is 1170. The highest BCUT2D eigenvalue weighted by Crippen LogP contribution is 2.31. The number of ether oxygens (including phenoxy) is 1. The molecule has 0 unspecified atom stereocenters. The number of carbonyl (C=O) groups excluding carboxylic acids is 1. The largest absolute Gasteiger partial charge is 0.460 e. The molecule has 4 aromatic carbocycles. The fourth-order valence-electron chi connectivity index (χ4n) is 4.33. The molecule has 4 rings (SSSR count). The predicted molar refractivity (Wildman–Crippen MR) is 139 cm³/mol. The van der Waals surface area contributed by atoms with E-state index in [0.29, 0.717) is 0 Å². The molecule has 0 fully saturated rings. The normalized spacial score (nSPS) is 12.6. The Labute approximate surface area is 203 Å². The number of benzene rings is 4. The molecule has 0 aromatic heterocycles. The van der Waals surface area contributed by atoms with Gasteiger partial charge in [-0.2, -0.15) is 0 Å². The van der Waals surface area contributed by atoms with Crippen molar-refractivity contribution in [3.63, 3.8) is 0 Å². The van der Waals surface area contributed by atoms with Gasteiger partial charge in [-0.15, -0.1) is 0 Å². The summed E-state index contributed by atoms with van der Waals surface area (Å²) in [5.74, 6) is -0.184. The van der Waals surface area contributed by atoms with Crippen LogP contribution in [0.1, 0.15) is 49.9 Å². The van der Waals surface area contributed by atoms with Gasteiger partial charge in [-0.1, -0.05) is 97.1 Å². The van der Waals surface area contributed by atoms with Gasteiger partial charge in [0.15, 0.2) is 0 Å². The number of hydrogen-bond acceptors (Lipinski definition) is 3. The minimum absolute atomic E-state index is 0.125. The molecule has 3 nitrogen and oxygen atoms in total. The highest BCUT2D eigenvalue weighted by molar-refractivity contribution is 5.83. The summed E-state index contributed by atoms with van der Waals surface area (Å²) in [6.45, 7) is 7.22. The monoisotopic (exact) mass is 451 g/mol. The van der Waals surface area contributed by atoms with Crippen LogP contribution in [0.25, 0.3) is 10.8 Å². The Morgan fingerprint density at radius 1 is 0.735 bits per heavy atom. The number of nitrogens with zero attached hydrogens (tertiary/aromatic N) is 1. The second kappa shape index (κ2) is 10.7. The first-order valence-corrected chi connectivity index (χ1v) is 11.9. The maximum Gasteiger partial charge on any atom is 0.308 e. The van der Waals surface area contributed by atoms with Crippen molar-refractivity contribution in [2.24, 2.45) is 0 Å². The van der Waals surface area contributed by atoms with Crippen LogP contribution in [0.5, 0.6) is 0 Å². The quantitative estimate of drug-likeness (QED) is 0.263. The lowest BCUT2D eigenvalue weighted by molar-refractivity contribution is -0.156. The topological polar surface area (TPSA) is 29.5 Å². The molecule has 0 amide bonds. The van der Waals surface area contributed by atoms with Crippen molar-refractivity contribution in [2.75, 3.05) is 0 Å². The molecule has 0 aliphatic carbocycles. The van der Waals surface area contributed by atoms with E-state index in [4.69, 9.17) is 4.74 Å². The first kappa shape index (κ1) is 23.7. The molecule has 0 spiro atoms. The van der Waals surface area contributed by atoms with E-state index in [1.54, 1.807) is 0 Å². The van der Waals surface area contributed by atoms with Crippen LogP contribution in [-0.4, -0.2) is 16.5 Å². The molecule has 3 heteroatoms. The number of rotatable bonds is 8. The van der Waals surface area contributed by atoms with Crippen molar-refractivity contribution in [2.45, 2.75) is 51.9 Å². The van der Waals surface area contributed by atoms with E-state index in [1.165, 1.54) is 21.9 Å². The number of fused-ring (bicyclic) bond motifs is 1. The molecule has 0 N–H and O–H groups in total. The van der Waals surface area contributed by atoms with Crippen molar-refractivity contribution in [1.82, 2.24) is 4.90 Å². The Morgan fingerprint density at radius 2 is 1.26 bits per heavy atom. The van der Waals surface area contributed by atoms with Crippen LogP contribution in [0.3, 0.4) is 0 Å². The third-order valence-electron chi connectivity index (χ3n) is 5.84. The van der Waals surface area contributed by atoms with Crippen LogP contribution in [0.4, 0.5) is 0 Å². The molecule has 0 bridgehead atoms. The van der Waals surface area contributed by atoms with E-state index in [0.717, 1.165) is 18.7 Å². The molecular weight excluding hydrogens is 418 g/mol. The van der Waals surface area contributed by atoms with Crippen LogP contribution in [0.2, 0.25) is 0 Å². The lowest BCUT2D eigenvalue weighted by Crippen LogP contribution is -2.32. The van der Waals surface area contributed by atoms with E-state index >= 15 is 0 Å². The van der Waals surface area contributed by atoms with Crippen molar-refractivity contribution < 1.29 is 9.53 Å². The summed E-state index contributed by atoms with van der Waals surface area (Å²) < 4.78 is 5.76. The minimum atomic E-state index is -0.519. The maximum absolute atomic E-state index is 13.1. The van der Waals surface area contributed by atoms with Gasteiger partial charge in [0.25, 0.3) is 0 Å². The van der Waals surface area contributed by atoms with Gasteiger partial charge in [-0.05, 0) is 54.3 Å². The van der Waals surface area contributed by atoms with Gasteiger partial charge in [0, 0.05) is 19.1 Å². The van der Waals surface area contributed by atoms with Crippen LogP contribution < -0.4 is 0 Å². The molecule has 4 aromatic rings. The molecular formula is C31H33NO2. The standard InChI is InChI=1S/C31H33NO2/c1-31(2,3)34-30(33)21-29(28-19-18-26-16-10-11-17-27(26)20-28)32(22-24-12-6-4-7-13-24)23-25-14-8-5-9-15-25/h4-20,29H,21-23H2,1-3H3/t29-/m1/s1. The van der Waals surface area contributed by atoms with Crippen LogP contribution in [0.15, 0.2) is 103 Å². The Balaban J connectivity index is 1.74. The smallest absolute Gasteiger partial charge is 0.308 e. The molecule has 0 saturated carbocycles. The summed E-state index contributed by atoms with van der Waals surface area (Å²) in [6.07, 6.45) is 0.287. The summed E-state index contributed by atoms with van der Waals surface area (Å²) in [7, 11) is 0. The summed E-state index contributed by atoms with van der Waals surface area (Å²) in [4.78, 5) is 15.5. The Kier molecular flexibility index (Phi) is 7.44. The lowest BCUT2D eigenvalue weighted by atomic mass is 9.97. The van der Waals surface area contributed by atoms with E-state index in [1.807, 2.05) is 32.9 Å². The summed E-state index contributed by atoms with van der Waals surface area (Å²) in [5.41, 5.74) is 3.03. The van der Waals surface area contributed by atoms with Crippen molar-refractivity contribution in [3.8, 4) is 0 Å². The van der Waals surface area contributed by atoms with Gasteiger partial charge in [-0.3, -0.25) is 9.69 Å². The SMILES string of the molecule is CC(C)(C)OC(=O)C[C@H](c1ccc2ccccc2c1)N(Cc1ccccc1)Cc1ccccc1. The first-order chi connectivity index (χ1) is 16.4. The zero-order valence-electron chi connectivity index (χ0n) is 20.3. The lowest BCUT2D eigenvalue weighted by Gasteiger charge is -2.33. The third-order valence-corrected chi connectivity index (χ3v) is 5.84. The molecule has 0 aliphatic heterocycles. The van der Waals surface area contributed by atoms with Crippen molar-refractivity contribution >= 4 is 16.7 Å². The number of hydrogen-bond donors (Lipinski definition) is 0. The minimum Gasteiger partial charge on any atom is -0.460 e. The van der Waals surface area contributed by atoms with Gasteiger partial charge in [-0.25, -0.2) is 0 Å². The highest BCUT2D eigenvalue weighted by atomic mass is 16.6. The average molecular weight is 452 g/mol. The van der Waals surface area contributed by atoms with Crippen LogP contribution in [-0.2, 0) is 22.6 Å². The zero-order chi connectivity index (χ0) is 24.0. The van der Waals surface area contributed by atoms with Crippen molar-refractivity contribution in [3.05, 3.63) is 120 Å². The van der Waals surface area contributed by atoms with Gasteiger partial charge in [0.05, 0.1) is 6.42 Å². The summed E-state index contributed by atoms with van der Waals surface area (Å²) in [6, 6.07) is 35.6. The van der Waals surface area contributed by atoms with Gasteiger partial charge in [0.2, 0.25) is 0 Å². The Hall–Kier alpha value is -3.43. The fraction of sp³-hybridized carbons (Fsp3) is 0.258. The molecule has 174 valence electrons. The second-order valence-electron chi connectivity index (χ2n) is 9.79. The van der Waals surface area contributed by atoms with Gasteiger partial charge in [0.1, 0.15) is 5.60 Å². The first-order valence-electron chi connectivity index (χ1n) is 11.9. The summed E-state index contributed by atoms with van der Waals surface area (Å²) in [5, 5.41) is 2.37. The molecule has 0 saturated heterocycles. The van der Waals surface area contributed by atoms with Gasteiger partial charge >= 0.3 is 5.97 Å². The van der Waals surface area contributed by atoms with E-state index in [9.17, 15) is 4.79 Å². The fourth-order valence-corrected chi connectivity index (χ4v) is 4.33. The maximum atomic E-state index is 13.1. The molecule has 1 atom stereocenters. The summed E-state index contributed by atoms with van der Waals surface area (Å²) >= 11 is 0. The van der Waals surface area contributed by atoms with E-state index in [-0.39, 0.29) is 18.4 Å². The Morgan fingerprint density at radius 3 is 1.82 bits per heavy atom. The number of carbonyl (C=O) groups is 1. The van der Waals surface area contributed by atoms with Crippen molar-refractivity contribution in [1.29, 1.82) is 0 Å². The molecule has 0 radical (unpaired) electrons. The molecule has 34 heavy (non-hydrogen) atoms. The van der Waals surface area contributed by atoms with E-state index in [2.05, 4.69) is 95.9 Å². The zero-order valence-corrected chi connectivity index (χ0v) is 20.3. The second-order valence-corrected chi connectivity index (χ2v) is 9.79. The third kappa shape index (κ3) is 6.55. The van der Waals surface area contributed by atoms with Gasteiger partial charge < -0.3 is 4.74 Å². The van der Waals surface area contributed by atoms with Crippen LogP contribution in [0, 0.1) is 0 Å². The average Bonchev–Trinajstić information content (AvgIpc) is 2.82. The van der Waals surface area contributed by atoms with E-state index < -0.39 is 5.60 Å². The molecule has 0 aliphatic rings. The highest BCUT2D eigenvalue weighted by Gasteiger charge is 2.27. The van der Waals surface area contributed by atoms with Crippen LogP contribution >= 0.6 is 0 Å². The predicted octanol–water partition coefficient (Wildman–Crippen LogP) is 7.32. The molecule has 0 heterocycles.